The van der Waals surface area contributed by atoms with Gasteiger partial charge in [-0.2, -0.15) is 0 Å². The van der Waals surface area contributed by atoms with Gasteiger partial charge in [0.2, 0.25) is 0 Å². The van der Waals surface area contributed by atoms with Crippen LogP contribution >= 0.6 is 31.9 Å². The van der Waals surface area contributed by atoms with Crippen LogP contribution in [-0.4, -0.2) is 26.7 Å². The Morgan fingerprint density at radius 2 is 2.18 bits per heavy atom. The topological polar surface area (TPSA) is 50.9 Å². The summed E-state index contributed by atoms with van der Waals surface area (Å²) in [6.07, 6.45) is 0.689. The average Bonchev–Trinajstić information content (AvgIpc) is 2.31. The Morgan fingerprint density at radius 1 is 1.45 bits per heavy atom. The second-order valence-electron chi connectivity index (χ2n) is 1.97. The van der Waals surface area contributed by atoms with Crippen LogP contribution in [0.15, 0.2) is 9.21 Å². The number of aliphatic hydroxyl groups is 1. The van der Waals surface area contributed by atoms with Crippen molar-refractivity contribution in [2.45, 2.75) is 13.0 Å². The van der Waals surface area contributed by atoms with Gasteiger partial charge in [0.05, 0.1) is 0 Å². The fourth-order valence-electron chi connectivity index (χ4n) is 0.644. The number of nitrogens with zero attached hydrogens (tertiary/aromatic N) is 3. The predicted octanol–water partition coefficient (Wildman–Crippen LogP) is 1.19. The van der Waals surface area contributed by atoms with E-state index in [9.17, 15) is 0 Å². The Labute approximate surface area is 80.9 Å². The second-order valence-corrected chi connectivity index (χ2v) is 3.47. The van der Waals surface area contributed by atoms with Crippen molar-refractivity contribution in [1.82, 2.24) is 15.0 Å². The van der Waals surface area contributed by atoms with E-state index in [1.54, 1.807) is 4.68 Å². The van der Waals surface area contributed by atoms with Crippen LogP contribution in [0.3, 0.4) is 0 Å². The SMILES string of the molecule is OCCCn1nnc(Br)c1Br. The third kappa shape index (κ3) is 2.25. The van der Waals surface area contributed by atoms with Crippen molar-refractivity contribution in [2.24, 2.45) is 0 Å². The molecule has 6 heteroatoms. The molecule has 0 fully saturated rings. The van der Waals surface area contributed by atoms with Crippen LogP contribution in [-0.2, 0) is 6.54 Å². The van der Waals surface area contributed by atoms with Gasteiger partial charge in [0.15, 0.2) is 4.60 Å². The summed E-state index contributed by atoms with van der Waals surface area (Å²) in [5.41, 5.74) is 0. The van der Waals surface area contributed by atoms with Gasteiger partial charge in [-0.15, -0.1) is 5.10 Å². The first kappa shape index (κ1) is 9.15. The molecule has 0 amide bonds. The van der Waals surface area contributed by atoms with Crippen molar-refractivity contribution in [1.29, 1.82) is 0 Å². The molecule has 4 nitrogen and oxygen atoms in total. The molecule has 1 aromatic heterocycles. The number of aliphatic hydroxyl groups excluding tert-OH is 1. The van der Waals surface area contributed by atoms with Gasteiger partial charge >= 0.3 is 0 Å². The molecular weight excluding hydrogens is 278 g/mol. The van der Waals surface area contributed by atoms with Gasteiger partial charge in [-0.3, -0.25) is 0 Å². The molecule has 0 unspecified atom stereocenters. The maximum absolute atomic E-state index is 8.54. The molecule has 1 heterocycles. The fraction of sp³-hybridized carbons (Fsp3) is 0.600. The first-order valence-electron chi connectivity index (χ1n) is 3.11. The van der Waals surface area contributed by atoms with Gasteiger partial charge in [0.25, 0.3) is 0 Å². The Morgan fingerprint density at radius 3 is 2.64 bits per heavy atom. The van der Waals surface area contributed by atoms with Crippen molar-refractivity contribution in [3.8, 4) is 0 Å². The first-order valence-corrected chi connectivity index (χ1v) is 4.69. The number of hydrogen-bond donors (Lipinski definition) is 1. The van der Waals surface area contributed by atoms with Crippen molar-refractivity contribution < 1.29 is 5.11 Å². The van der Waals surface area contributed by atoms with Crippen molar-refractivity contribution in [2.75, 3.05) is 6.61 Å². The Hall–Kier alpha value is 0.0600. The largest absolute Gasteiger partial charge is 0.396 e. The maximum atomic E-state index is 8.54. The zero-order valence-corrected chi connectivity index (χ0v) is 8.84. The van der Waals surface area contributed by atoms with Crippen LogP contribution in [0, 0.1) is 0 Å². The maximum Gasteiger partial charge on any atom is 0.162 e. The van der Waals surface area contributed by atoms with Crippen molar-refractivity contribution in [3.63, 3.8) is 0 Å². The molecule has 0 radical (unpaired) electrons. The molecule has 0 saturated carbocycles. The van der Waals surface area contributed by atoms with E-state index in [0.717, 1.165) is 4.60 Å². The van der Waals surface area contributed by atoms with Gasteiger partial charge in [-0.25, -0.2) is 4.68 Å². The highest BCUT2D eigenvalue weighted by atomic mass is 79.9. The second kappa shape index (κ2) is 4.18. The molecule has 0 aliphatic heterocycles. The summed E-state index contributed by atoms with van der Waals surface area (Å²) >= 11 is 6.49. The highest BCUT2D eigenvalue weighted by Gasteiger charge is 2.05. The summed E-state index contributed by atoms with van der Waals surface area (Å²) in [4.78, 5) is 0. The minimum absolute atomic E-state index is 0.171. The summed E-state index contributed by atoms with van der Waals surface area (Å²) in [6, 6.07) is 0. The molecule has 1 rings (SSSR count). The fourth-order valence-corrected chi connectivity index (χ4v) is 1.25. The van der Waals surface area contributed by atoms with Gasteiger partial charge in [0, 0.05) is 13.2 Å². The van der Waals surface area contributed by atoms with Gasteiger partial charge in [-0.1, -0.05) is 5.21 Å². The van der Waals surface area contributed by atoms with E-state index in [1.807, 2.05) is 0 Å². The molecule has 0 saturated heterocycles. The lowest BCUT2D eigenvalue weighted by Crippen LogP contribution is -2.02. The third-order valence-corrected chi connectivity index (χ3v) is 3.02. The van der Waals surface area contributed by atoms with Gasteiger partial charge < -0.3 is 5.11 Å². The van der Waals surface area contributed by atoms with Crippen LogP contribution < -0.4 is 0 Å². The number of halogens is 2. The summed E-state index contributed by atoms with van der Waals surface area (Å²) in [6.45, 7) is 0.847. The van der Waals surface area contributed by atoms with E-state index in [2.05, 4.69) is 42.2 Å². The molecule has 0 bridgehead atoms. The smallest absolute Gasteiger partial charge is 0.162 e. The molecule has 1 N–H and O–H groups in total. The highest BCUT2D eigenvalue weighted by Crippen LogP contribution is 2.19. The molecule has 0 aromatic carbocycles. The van der Waals surface area contributed by atoms with Crippen LogP contribution in [0.4, 0.5) is 0 Å². The molecular formula is C5H7Br2N3O. The lowest BCUT2D eigenvalue weighted by atomic mass is 10.5. The zero-order chi connectivity index (χ0) is 8.27. The monoisotopic (exact) mass is 283 g/mol. The third-order valence-electron chi connectivity index (χ3n) is 1.17. The molecule has 11 heavy (non-hydrogen) atoms. The van der Waals surface area contributed by atoms with Crippen LogP contribution in [0.1, 0.15) is 6.42 Å². The Balaban J connectivity index is 2.63. The standard InChI is InChI=1S/C5H7Br2N3O/c6-4-5(7)10(9-8-4)2-1-3-11/h11H,1-3H2. The average molecular weight is 285 g/mol. The highest BCUT2D eigenvalue weighted by molar-refractivity contribution is 9.13. The number of rotatable bonds is 3. The van der Waals surface area contributed by atoms with E-state index < -0.39 is 0 Å². The minimum atomic E-state index is 0.171. The van der Waals surface area contributed by atoms with Crippen LogP contribution in [0.5, 0.6) is 0 Å². The molecule has 0 aliphatic carbocycles. The molecule has 1 aromatic rings. The van der Waals surface area contributed by atoms with Crippen LogP contribution in [0.25, 0.3) is 0 Å². The van der Waals surface area contributed by atoms with Crippen molar-refractivity contribution >= 4 is 31.9 Å². The van der Waals surface area contributed by atoms with E-state index in [1.165, 1.54) is 0 Å². The number of aromatic nitrogens is 3. The molecule has 0 spiro atoms. The number of hydrogen-bond acceptors (Lipinski definition) is 3. The predicted molar refractivity (Wildman–Crippen MR) is 47.1 cm³/mol. The van der Waals surface area contributed by atoms with Gasteiger partial charge in [-0.05, 0) is 38.3 Å². The first-order chi connectivity index (χ1) is 5.25. The Bertz CT molecular complexity index is 238. The summed E-state index contributed by atoms with van der Waals surface area (Å²) in [5.74, 6) is 0. The van der Waals surface area contributed by atoms with Gasteiger partial charge in [0.1, 0.15) is 4.60 Å². The van der Waals surface area contributed by atoms with Crippen molar-refractivity contribution in [3.05, 3.63) is 9.21 Å². The van der Waals surface area contributed by atoms with E-state index in [-0.39, 0.29) is 6.61 Å². The summed E-state index contributed by atoms with van der Waals surface area (Å²) < 4.78 is 3.18. The molecule has 0 aliphatic rings. The Kier molecular flexibility index (Phi) is 3.47. The summed E-state index contributed by atoms with van der Waals surface area (Å²) in [5, 5.41) is 16.1. The molecule has 62 valence electrons. The molecule has 0 atom stereocenters. The number of aryl methyl sites for hydroxylation is 1. The minimum Gasteiger partial charge on any atom is -0.396 e. The normalized spacial score (nSPS) is 10.5. The van der Waals surface area contributed by atoms with Crippen LogP contribution in [0.2, 0.25) is 0 Å². The van der Waals surface area contributed by atoms with E-state index in [4.69, 9.17) is 5.11 Å². The van der Waals surface area contributed by atoms with E-state index in [0.29, 0.717) is 17.6 Å². The lowest BCUT2D eigenvalue weighted by Gasteiger charge is -1.97. The quantitative estimate of drug-likeness (QED) is 0.907. The summed E-state index contributed by atoms with van der Waals surface area (Å²) in [7, 11) is 0. The zero-order valence-electron chi connectivity index (χ0n) is 5.67. The lowest BCUT2D eigenvalue weighted by molar-refractivity contribution is 0.275. The van der Waals surface area contributed by atoms with E-state index >= 15 is 0 Å².